The third kappa shape index (κ3) is 3.38. The van der Waals surface area contributed by atoms with Gasteiger partial charge in [0.15, 0.2) is 5.65 Å². The van der Waals surface area contributed by atoms with E-state index in [1.807, 2.05) is 28.7 Å². The van der Waals surface area contributed by atoms with Crippen molar-refractivity contribution >= 4 is 17.4 Å². The fourth-order valence-corrected chi connectivity index (χ4v) is 5.15. The van der Waals surface area contributed by atoms with Crippen molar-refractivity contribution in [3.63, 3.8) is 0 Å². The maximum atomic E-state index is 11.9. The molecular formula is C20H23N3OS. The Bertz CT molecular complexity index is 902. The molecule has 1 aliphatic carbocycles. The van der Waals surface area contributed by atoms with E-state index in [1.165, 1.54) is 24.2 Å². The maximum absolute atomic E-state index is 11.9. The van der Waals surface area contributed by atoms with Crippen molar-refractivity contribution < 1.29 is 0 Å². The van der Waals surface area contributed by atoms with E-state index in [0.717, 1.165) is 11.7 Å². The first-order valence-electron chi connectivity index (χ1n) is 8.88. The molecule has 0 bridgehead atoms. The van der Waals surface area contributed by atoms with Crippen LogP contribution in [0.3, 0.4) is 0 Å². The van der Waals surface area contributed by atoms with E-state index in [-0.39, 0.29) is 5.43 Å². The summed E-state index contributed by atoms with van der Waals surface area (Å²) >= 11 is 2.03. The summed E-state index contributed by atoms with van der Waals surface area (Å²) in [5.41, 5.74) is 1.91. The van der Waals surface area contributed by atoms with Crippen molar-refractivity contribution in [3.8, 4) is 0 Å². The summed E-state index contributed by atoms with van der Waals surface area (Å²) < 4.78 is 4.12. The molecule has 4 nitrogen and oxygen atoms in total. The van der Waals surface area contributed by atoms with Gasteiger partial charge in [-0.1, -0.05) is 37.3 Å². The third-order valence-corrected chi connectivity index (χ3v) is 6.46. The molecule has 4 rings (SSSR count). The van der Waals surface area contributed by atoms with Gasteiger partial charge in [-0.25, -0.2) is 9.50 Å². The molecule has 0 radical (unpaired) electrons. The predicted octanol–water partition coefficient (Wildman–Crippen LogP) is 4.02. The van der Waals surface area contributed by atoms with E-state index in [1.54, 1.807) is 12.3 Å². The number of fused-ring (bicyclic) bond motifs is 1. The van der Waals surface area contributed by atoms with E-state index in [9.17, 15) is 4.79 Å². The first kappa shape index (κ1) is 16.5. The highest BCUT2D eigenvalue weighted by Gasteiger charge is 2.33. The Morgan fingerprint density at radius 3 is 2.84 bits per heavy atom. The van der Waals surface area contributed by atoms with Crippen LogP contribution in [0.5, 0.6) is 0 Å². The molecule has 1 fully saturated rings. The van der Waals surface area contributed by atoms with E-state index >= 15 is 0 Å². The molecule has 2 heterocycles. The van der Waals surface area contributed by atoms with Crippen molar-refractivity contribution in [3.05, 3.63) is 70.8 Å². The Morgan fingerprint density at radius 1 is 1.16 bits per heavy atom. The lowest BCUT2D eigenvalue weighted by molar-refractivity contribution is 0.355. The summed E-state index contributed by atoms with van der Waals surface area (Å²) in [4.78, 5) is 16.1. The monoisotopic (exact) mass is 353 g/mol. The molecule has 1 saturated carbocycles. The number of hydrogen-bond acceptors (Lipinski definition) is 3. The number of imidazole rings is 1. The normalized spacial score (nSPS) is 23.3. The first-order chi connectivity index (χ1) is 12.2. The number of rotatable bonds is 5. The van der Waals surface area contributed by atoms with Gasteiger partial charge < -0.3 is 0 Å². The average molecular weight is 353 g/mol. The third-order valence-electron chi connectivity index (χ3n) is 5.21. The lowest BCUT2D eigenvalue weighted by Crippen LogP contribution is -2.21. The van der Waals surface area contributed by atoms with Crippen LogP contribution in [0.1, 0.15) is 31.4 Å². The zero-order valence-corrected chi connectivity index (χ0v) is 15.2. The molecule has 25 heavy (non-hydrogen) atoms. The average Bonchev–Trinajstić information content (AvgIpc) is 3.24. The smallest absolute Gasteiger partial charge is 0.224 e. The second-order valence-electron chi connectivity index (χ2n) is 7.04. The van der Waals surface area contributed by atoms with Gasteiger partial charge in [-0.2, -0.15) is 11.8 Å². The Hall–Kier alpha value is -2.01. The zero-order chi connectivity index (χ0) is 17.2. The van der Waals surface area contributed by atoms with Crippen LogP contribution < -0.4 is 5.43 Å². The summed E-state index contributed by atoms with van der Waals surface area (Å²) in [7, 11) is 0. The Labute approximate surface area is 151 Å². The largest absolute Gasteiger partial charge is 0.286 e. The van der Waals surface area contributed by atoms with E-state index in [0.29, 0.717) is 17.6 Å². The van der Waals surface area contributed by atoms with Crippen LogP contribution >= 0.6 is 11.8 Å². The minimum atomic E-state index is -0.0122. The van der Waals surface area contributed by atoms with E-state index in [2.05, 4.69) is 46.9 Å². The van der Waals surface area contributed by atoms with E-state index in [4.69, 9.17) is 0 Å². The summed E-state index contributed by atoms with van der Waals surface area (Å²) in [5.74, 6) is 3.62. The summed E-state index contributed by atoms with van der Waals surface area (Å²) in [6.07, 6.45) is 7.94. The van der Waals surface area contributed by atoms with Crippen molar-refractivity contribution in [1.82, 2.24) is 14.2 Å². The number of hydrogen-bond donors (Lipinski definition) is 0. The van der Waals surface area contributed by atoms with Crippen LogP contribution in [0.25, 0.3) is 5.65 Å². The molecule has 0 aliphatic heterocycles. The summed E-state index contributed by atoms with van der Waals surface area (Å²) in [5, 5.41) is 0. The van der Waals surface area contributed by atoms with Crippen molar-refractivity contribution in [2.24, 2.45) is 11.8 Å². The van der Waals surface area contributed by atoms with Crippen LogP contribution in [0.4, 0.5) is 0 Å². The van der Waals surface area contributed by atoms with Crippen LogP contribution in [-0.2, 0) is 5.75 Å². The Kier molecular flexibility index (Phi) is 4.66. The molecule has 1 aliphatic rings. The van der Waals surface area contributed by atoms with Gasteiger partial charge >= 0.3 is 0 Å². The first-order valence-corrected chi connectivity index (χ1v) is 10.0. The molecule has 0 N–H and O–H groups in total. The second kappa shape index (κ2) is 7.08. The van der Waals surface area contributed by atoms with Crippen LogP contribution in [0.2, 0.25) is 0 Å². The van der Waals surface area contributed by atoms with Crippen molar-refractivity contribution in [2.45, 2.75) is 31.6 Å². The van der Waals surface area contributed by atoms with Gasteiger partial charge in [-0.15, -0.1) is 0 Å². The molecule has 130 valence electrons. The lowest BCUT2D eigenvalue weighted by Gasteiger charge is -2.21. The Balaban J connectivity index is 1.43. The molecule has 0 amide bonds. The summed E-state index contributed by atoms with van der Waals surface area (Å²) in [6, 6.07) is 12.8. The lowest BCUT2D eigenvalue weighted by atomic mass is 10.1. The SMILES string of the molecule is C[C@@H]1CC(CSCc2ccccc2)CC1n1ccc(=O)c2nccn21. The van der Waals surface area contributed by atoms with E-state index < -0.39 is 0 Å². The summed E-state index contributed by atoms with van der Waals surface area (Å²) in [6.45, 7) is 2.33. The standard InChI is InChI=1S/C20H23N3OS/c1-15-11-17(14-25-13-16-5-3-2-4-6-16)12-18(15)22-9-7-19(24)20-21-8-10-23(20)22/h2-10,15,17-18H,11-14H2,1H3/t15-,17?,18?/m1/s1. The van der Waals surface area contributed by atoms with Crippen LogP contribution in [0.15, 0.2) is 59.8 Å². The predicted molar refractivity (Wildman–Crippen MR) is 103 cm³/mol. The van der Waals surface area contributed by atoms with Gasteiger partial charge in [-0.3, -0.25) is 9.48 Å². The molecule has 5 heteroatoms. The maximum Gasteiger partial charge on any atom is 0.224 e. The van der Waals surface area contributed by atoms with Gasteiger partial charge in [0.2, 0.25) is 5.43 Å². The molecule has 2 unspecified atom stereocenters. The van der Waals surface area contributed by atoms with Gasteiger partial charge in [0, 0.05) is 30.4 Å². The minimum absolute atomic E-state index is 0.0122. The van der Waals surface area contributed by atoms with Gasteiger partial charge in [0.1, 0.15) is 0 Å². The molecule has 0 spiro atoms. The number of nitrogens with zero attached hydrogens (tertiary/aromatic N) is 3. The molecule has 1 aromatic carbocycles. The van der Waals surface area contributed by atoms with Crippen molar-refractivity contribution in [1.29, 1.82) is 0 Å². The highest BCUT2D eigenvalue weighted by atomic mass is 32.2. The highest BCUT2D eigenvalue weighted by molar-refractivity contribution is 7.98. The molecule has 3 atom stereocenters. The minimum Gasteiger partial charge on any atom is -0.286 e. The zero-order valence-electron chi connectivity index (χ0n) is 14.4. The molecule has 2 aromatic heterocycles. The van der Waals surface area contributed by atoms with Gasteiger partial charge in [0.25, 0.3) is 0 Å². The molecule has 3 aromatic rings. The fraction of sp³-hybridized carbons (Fsp3) is 0.400. The number of thioether (sulfide) groups is 1. The van der Waals surface area contributed by atoms with Gasteiger partial charge in [0.05, 0.1) is 6.04 Å². The van der Waals surface area contributed by atoms with Gasteiger partial charge in [-0.05, 0) is 36.0 Å². The van der Waals surface area contributed by atoms with Crippen molar-refractivity contribution in [2.75, 3.05) is 5.75 Å². The highest BCUT2D eigenvalue weighted by Crippen LogP contribution is 2.41. The second-order valence-corrected chi connectivity index (χ2v) is 8.07. The number of aromatic nitrogens is 3. The molecule has 0 saturated heterocycles. The topological polar surface area (TPSA) is 39.3 Å². The number of benzene rings is 1. The fourth-order valence-electron chi connectivity index (χ4n) is 4.00. The quantitative estimate of drug-likeness (QED) is 0.695. The molecular weight excluding hydrogens is 330 g/mol. The van der Waals surface area contributed by atoms with Crippen LogP contribution in [0, 0.1) is 11.8 Å². The van der Waals surface area contributed by atoms with Crippen LogP contribution in [-0.4, -0.2) is 19.9 Å². The Morgan fingerprint density at radius 2 is 2.00 bits per heavy atom.